The Morgan fingerprint density at radius 2 is 1.85 bits per heavy atom. The molecule has 1 saturated carbocycles. The molecular weight excluding hydrogens is 438 g/mol. The third-order valence-corrected chi connectivity index (χ3v) is 6.27. The molecule has 6 nitrogen and oxygen atoms in total. The molecule has 0 radical (unpaired) electrons. The van der Waals surface area contributed by atoms with Gasteiger partial charge in [0.25, 0.3) is 0 Å². The highest BCUT2D eigenvalue weighted by molar-refractivity contribution is 5.98. The molecule has 3 aromatic rings. The van der Waals surface area contributed by atoms with Crippen molar-refractivity contribution in [2.45, 2.75) is 37.5 Å². The highest BCUT2D eigenvalue weighted by atomic mass is 19.4. The predicted molar refractivity (Wildman–Crippen MR) is 113 cm³/mol. The average Bonchev–Trinajstić information content (AvgIpc) is 3.04. The highest BCUT2D eigenvalue weighted by Crippen LogP contribution is 2.45. The summed E-state index contributed by atoms with van der Waals surface area (Å²) in [7, 11) is 0. The minimum Gasteiger partial charge on any atom is -0.341 e. The fraction of sp³-hybridized carbons (Fsp3) is 0.304. The van der Waals surface area contributed by atoms with Crippen molar-refractivity contribution in [2.75, 3.05) is 10.2 Å². The molecule has 3 atom stereocenters. The molecule has 1 N–H and O–H groups in total. The number of nitrogens with zero attached hydrogens (tertiary/aromatic N) is 4. The van der Waals surface area contributed by atoms with E-state index in [9.17, 15) is 22.4 Å². The topological polar surface area (TPSA) is 71.0 Å². The first-order valence-corrected chi connectivity index (χ1v) is 10.5. The molecule has 1 aliphatic carbocycles. The van der Waals surface area contributed by atoms with E-state index in [-0.39, 0.29) is 29.0 Å². The molecule has 1 saturated heterocycles. The van der Waals surface area contributed by atoms with Gasteiger partial charge in [-0.3, -0.25) is 4.79 Å². The molecule has 10 heteroatoms. The van der Waals surface area contributed by atoms with Crippen molar-refractivity contribution in [3.05, 3.63) is 66.4 Å². The number of carbonyl (C=O) groups excluding carboxylic acids is 1. The number of fused-ring (bicyclic) bond motifs is 1. The summed E-state index contributed by atoms with van der Waals surface area (Å²) in [6.45, 7) is 0. The van der Waals surface area contributed by atoms with Crippen LogP contribution in [0.5, 0.6) is 0 Å². The number of hydrogen-bond donors (Lipinski definition) is 1. The van der Waals surface area contributed by atoms with Crippen LogP contribution in [0.25, 0.3) is 11.4 Å². The highest BCUT2D eigenvalue weighted by Gasteiger charge is 2.49. The van der Waals surface area contributed by atoms with Gasteiger partial charge in [0.05, 0.1) is 18.0 Å². The van der Waals surface area contributed by atoms with E-state index in [1.807, 2.05) is 17.0 Å². The van der Waals surface area contributed by atoms with Crippen LogP contribution in [-0.2, 0) is 11.0 Å². The van der Waals surface area contributed by atoms with E-state index >= 15 is 0 Å². The first kappa shape index (κ1) is 21.3. The Bertz CT molecular complexity index is 1170. The number of alkyl halides is 3. The van der Waals surface area contributed by atoms with Gasteiger partial charge in [0.1, 0.15) is 11.9 Å². The quantitative estimate of drug-likeness (QED) is 0.576. The molecule has 2 fully saturated rings. The Balaban J connectivity index is 1.44. The van der Waals surface area contributed by atoms with E-state index in [2.05, 4.69) is 20.3 Å². The number of aromatic nitrogens is 3. The summed E-state index contributed by atoms with van der Waals surface area (Å²) in [5, 5.41) is 2.75. The fourth-order valence-corrected chi connectivity index (χ4v) is 4.62. The first-order valence-electron chi connectivity index (χ1n) is 10.5. The average molecular weight is 457 g/mol. The standard InChI is InChI=1S/C23H19F4N5O/c24-14-11-29-21(30-12-14)16-10-15(5-6-17(16)23(25,26)27)31-22(33)19-9-13-4-7-18(13)32(19)20-3-1-2-8-28-20/h1-3,5-6,8,10-13,18-19H,4,7,9H2,(H,31,33)/t13-,18-,19+/m0/s1. The summed E-state index contributed by atoms with van der Waals surface area (Å²) in [6, 6.07) is 8.49. The SMILES string of the molecule is O=C(Nc1ccc(C(F)(F)F)c(-c2ncc(F)cn2)c1)[C@H]1C[C@@H]2CC[C@@H]2N1c1ccccn1. The lowest BCUT2D eigenvalue weighted by Gasteiger charge is -2.37. The van der Waals surface area contributed by atoms with E-state index < -0.39 is 23.6 Å². The van der Waals surface area contributed by atoms with E-state index in [0.29, 0.717) is 18.2 Å². The number of nitrogens with one attached hydrogen (secondary N) is 1. The van der Waals surface area contributed by atoms with Crippen LogP contribution in [0.1, 0.15) is 24.8 Å². The lowest BCUT2D eigenvalue weighted by Crippen LogP contribution is -2.46. The molecule has 0 spiro atoms. The molecule has 0 unspecified atom stereocenters. The van der Waals surface area contributed by atoms with Crippen molar-refractivity contribution in [3.63, 3.8) is 0 Å². The van der Waals surface area contributed by atoms with Gasteiger partial charge in [-0.15, -0.1) is 0 Å². The summed E-state index contributed by atoms with van der Waals surface area (Å²) in [5.41, 5.74) is -1.13. The minimum absolute atomic E-state index is 0.177. The molecule has 1 aliphatic heterocycles. The van der Waals surface area contributed by atoms with Gasteiger partial charge in [0.2, 0.25) is 5.91 Å². The minimum atomic E-state index is -4.67. The summed E-state index contributed by atoms with van der Waals surface area (Å²) in [5.74, 6) is -0.270. The van der Waals surface area contributed by atoms with E-state index in [1.165, 1.54) is 12.1 Å². The number of rotatable bonds is 4. The van der Waals surface area contributed by atoms with Gasteiger partial charge in [-0.05, 0) is 55.5 Å². The second-order valence-electron chi connectivity index (χ2n) is 8.22. The Morgan fingerprint density at radius 3 is 2.48 bits per heavy atom. The van der Waals surface area contributed by atoms with Gasteiger partial charge in [-0.1, -0.05) is 6.07 Å². The van der Waals surface area contributed by atoms with Gasteiger partial charge >= 0.3 is 6.18 Å². The van der Waals surface area contributed by atoms with Crippen molar-refractivity contribution in [1.29, 1.82) is 0 Å². The van der Waals surface area contributed by atoms with Crippen molar-refractivity contribution in [2.24, 2.45) is 5.92 Å². The van der Waals surface area contributed by atoms with Crippen molar-refractivity contribution in [3.8, 4) is 11.4 Å². The van der Waals surface area contributed by atoms with E-state index in [1.54, 1.807) is 12.3 Å². The van der Waals surface area contributed by atoms with Crippen LogP contribution in [-0.4, -0.2) is 32.9 Å². The molecule has 33 heavy (non-hydrogen) atoms. The molecule has 170 valence electrons. The Labute approximate surface area is 186 Å². The van der Waals surface area contributed by atoms with Gasteiger partial charge < -0.3 is 10.2 Å². The lowest BCUT2D eigenvalue weighted by atomic mass is 9.80. The van der Waals surface area contributed by atoms with Crippen LogP contribution in [0.2, 0.25) is 0 Å². The number of pyridine rings is 1. The number of carbonyl (C=O) groups is 1. The lowest BCUT2D eigenvalue weighted by molar-refractivity contribution is -0.137. The molecule has 0 bridgehead atoms. The molecule has 2 aliphatic rings. The largest absolute Gasteiger partial charge is 0.417 e. The predicted octanol–water partition coefficient (Wildman–Crippen LogP) is 4.69. The zero-order valence-corrected chi connectivity index (χ0v) is 17.3. The summed E-state index contributed by atoms with van der Waals surface area (Å²) in [6.07, 6.45) is 1.25. The maximum absolute atomic E-state index is 13.6. The van der Waals surface area contributed by atoms with Gasteiger partial charge in [-0.2, -0.15) is 13.2 Å². The van der Waals surface area contributed by atoms with Crippen LogP contribution < -0.4 is 10.2 Å². The third kappa shape index (κ3) is 4.01. The monoisotopic (exact) mass is 457 g/mol. The molecule has 1 amide bonds. The zero-order valence-electron chi connectivity index (χ0n) is 17.3. The van der Waals surface area contributed by atoms with Crippen molar-refractivity contribution < 1.29 is 22.4 Å². The number of hydrogen-bond acceptors (Lipinski definition) is 5. The van der Waals surface area contributed by atoms with Gasteiger partial charge in [0.15, 0.2) is 11.6 Å². The van der Waals surface area contributed by atoms with Crippen molar-refractivity contribution in [1.82, 2.24) is 15.0 Å². The maximum Gasteiger partial charge on any atom is 0.417 e. The van der Waals surface area contributed by atoms with Gasteiger partial charge in [0, 0.05) is 23.5 Å². The molecule has 1 aromatic carbocycles. The van der Waals surface area contributed by atoms with Gasteiger partial charge in [-0.25, -0.2) is 19.3 Å². The molecule has 5 rings (SSSR count). The second kappa shape index (κ2) is 8.09. The first-order chi connectivity index (χ1) is 15.8. The molecular formula is C23H19F4N5O. The summed E-state index contributed by atoms with van der Waals surface area (Å²) >= 11 is 0. The Hall–Kier alpha value is -3.56. The summed E-state index contributed by atoms with van der Waals surface area (Å²) in [4.78, 5) is 27.0. The number of anilines is 2. The van der Waals surface area contributed by atoms with Crippen LogP contribution in [0.4, 0.5) is 29.1 Å². The van der Waals surface area contributed by atoms with E-state index in [4.69, 9.17) is 0 Å². The molecule has 3 heterocycles. The van der Waals surface area contributed by atoms with Crippen molar-refractivity contribution >= 4 is 17.4 Å². The van der Waals surface area contributed by atoms with E-state index in [0.717, 1.165) is 31.3 Å². The summed E-state index contributed by atoms with van der Waals surface area (Å²) < 4.78 is 53.9. The molecule has 2 aromatic heterocycles. The van der Waals surface area contributed by atoms with Crippen LogP contribution in [0.15, 0.2) is 55.0 Å². The number of benzene rings is 1. The van der Waals surface area contributed by atoms with Crippen LogP contribution in [0, 0.1) is 11.7 Å². The van der Waals surface area contributed by atoms with Crippen LogP contribution in [0.3, 0.4) is 0 Å². The zero-order chi connectivity index (χ0) is 23.2. The number of amides is 1. The van der Waals surface area contributed by atoms with Crippen LogP contribution >= 0.6 is 0 Å². The second-order valence-corrected chi connectivity index (χ2v) is 8.22. The Morgan fingerprint density at radius 1 is 1.06 bits per heavy atom. The fourth-order valence-electron chi connectivity index (χ4n) is 4.62. The third-order valence-electron chi connectivity index (χ3n) is 6.27. The normalized spacial score (nSPS) is 21.9. The smallest absolute Gasteiger partial charge is 0.341 e. The maximum atomic E-state index is 13.6. The Kier molecular flexibility index (Phi) is 5.22. The number of halogens is 4.